The molecule has 0 aliphatic rings. The van der Waals surface area contributed by atoms with Gasteiger partial charge in [0, 0.05) is 45.1 Å². The van der Waals surface area contributed by atoms with Gasteiger partial charge in [-0.1, -0.05) is 17.7 Å². The molecular formula is C19H27ClF2IN5. The molecular weight excluding hydrogens is 499 g/mol. The zero-order valence-electron chi connectivity index (χ0n) is 16.7. The van der Waals surface area contributed by atoms with Gasteiger partial charge in [-0.25, -0.2) is 8.78 Å². The molecule has 5 nitrogen and oxygen atoms in total. The average molecular weight is 526 g/mol. The number of halogens is 4. The van der Waals surface area contributed by atoms with Crippen LogP contribution in [0.15, 0.2) is 35.5 Å². The zero-order valence-corrected chi connectivity index (χ0v) is 19.8. The molecule has 1 atom stereocenters. The second-order valence-corrected chi connectivity index (χ2v) is 7.10. The third kappa shape index (κ3) is 6.05. The van der Waals surface area contributed by atoms with E-state index in [1.54, 1.807) is 26.0 Å². The molecule has 0 amide bonds. The van der Waals surface area contributed by atoms with Gasteiger partial charge in [-0.2, -0.15) is 0 Å². The maximum absolute atomic E-state index is 14.2. The molecule has 0 bridgehead atoms. The maximum Gasteiger partial charge on any atom is 0.193 e. The molecule has 1 heterocycles. The lowest BCUT2D eigenvalue weighted by Crippen LogP contribution is -2.43. The molecule has 1 unspecified atom stereocenters. The number of aryl methyl sites for hydroxylation is 1. The summed E-state index contributed by atoms with van der Waals surface area (Å²) in [7, 11) is 9.07. The van der Waals surface area contributed by atoms with Crippen molar-refractivity contribution in [2.75, 3.05) is 34.7 Å². The van der Waals surface area contributed by atoms with Gasteiger partial charge in [0.1, 0.15) is 11.6 Å². The Bertz CT molecular complexity index is 789. The van der Waals surface area contributed by atoms with Gasteiger partial charge in [0.05, 0.1) is 17.6 Å². The number of aliphatic imine (C=N–C) groups is 1. The Balaban J connectivity index is 0.00000392. The van der Waals surface area contributed by atoms with Gasteiger partial charge in [-0.3, -0.25) is 4.99 Å². The highest BCUT2D eigenvalue weighted by atomic mass is 127. The number of hydrogen-bond acceptors (Lipinski definition) is 2. The molecule has 0 spiro atoms. The van der Waals surface area contributed by atoms with Gasteiger partial charge in [0.2, 0.25) is 0 Å². The van der Waals surface area contributed by atoms with Crippen LogP contribution in [0.5, 0.6) is 0 Å². The van der Waals surface area contributed by atoms with Gasteiger partial charge >= 0.3 is 0 Å². The van der Waals surface area contributed by atoms with Crippen molar-refractivity contribution in [3.05, 3.63) is 58.4 Å². The van der Waals surface area contributed by atoms with E-state index >= 15 is 0 Å². The summed E-state index contributed by atoms with van der Waals surface area (Å²) in [5, 5.41) is 3.88. The number of nitrogens with zero attached hydrogens (tertiary/aromatic N) is 4. The number of nitrogens with one attached hydrogen (secondary N) is 1. The maximum atomic E-state index is 14.2. The van der Waals surface area contributed by atoms with Crippen molar-refractivity contribution in [1.29, 1.82) is 0 Å². The van der Waals surface area contributed by atoms with E-state index in [1.807, 2.05) is 35.8 Å². The Morgan fingerprint density at radius 1 is 1.25 bits per heavy atom. The molecule has 28 heavy (non-hydrogen) atoms. The van der Waals surface area contributed by atoms with Crippen molar-refractivity contribution < 1.29 is 8.78 Å². The van der Waals surface area contributed by atoms with E-state index in [-0.39, 0.29) is 29.5 Å². The second-order valence-electron chi connectivity index (χ2n) is 6.66. The first kappa shape index (κ1) is 24.6. The molecule has 1 aromatic carbocycles. The van der Waals surface area contributed by atoms with Crippen LogP contribution in [-0.2, 0) is 13.6 Å². The van der Waals surface area contributed by atoms with Crippen LogP contribution < -0.4 is 5.32 Å². The van der Waals surface area contributed by atoms with Crippen LogP contribution in [0.2, 0.25) is 5.02 Å². The van der Waals surface area contributed by atoms with Crippen LogP contribution in [0, 0.1) is 11.6 Å². The number of benzene rings is 1. The summed E-state index contributed by atoms with van der Waals surface area (Å²) in [5.41, 5.74) is 1.07. The first-order valence-electron chi connectivity index (χ1n) is 8.57. The van der Waals surface area contributed by atoms with Crippen LogP contribution in [0.25, 0.3) is 0 Å². The van der Waals surface area contributed by atoms with Crippen molar-refractivity contribution in [2.24, 2.45) is 12.0 Å². The van der Waals surface area contributed by atoms with Gasteiger partial charge < -0.3 is 19.7 Å². The standard InChI is InChI=1S/C19H26ClF2N5.HI/c1-23-19(27(5)12-14-9-13(20)11-26(14)4)24-10-17(25(2)3)18-15(21)7-6-8-16(18)22;/h6-9,11,17H,10,12H2,1-5H3,(H,23,24);1H. The highest BCUT2D eigenvalue weighted by molar-refractivity contribution is 14.0. The lowest BCUT2D eigenvalue weighted by atomic mass is 10.0. The summed E-state index contributed by atoms with van der Waals surface area (Å²) in [4.78, 5) is 7.98. The number of guanidine groups is 1. The van der Waals surface area contributed by atoms with E-state index in [9.17, 15) is 8.78 Å². The van der Waals surface area contributed by atoms with Crippen molar-refractivity contribution in [3.8, 4) is 0 Å². The molecule has 2 rings (SSSR count). The normalized spacial score (nSPS) is 12.7. The van der Waals surface area contributed by atoms with E-state index in [0.29, 0.717) is 24.1 Å². The van der Waals surface area contributed by atoms with Gasteiger partial charge in [0.15, 0.2) is 5.96 Å². The molecule has 2 aromatic rings. The Morgan fingerprint density at radius 3 is 2.32 bits per heavy atom. The van der Waals surface area contributed by atoms with E-state index in [1.165, 1.54) is 18.2 Å². The fourth-order valence-corrected chi connectivity index (χ4v) is 3.26. The summed E-state index contributed by atoms with van der Waals surface area (Å²) in [6.07, 6.45) is 1.84. The molecule has 1 aromatic heterocycles. The van der Waals surface area contributed by atoms with E-state index in [2.05, 4.69) is 10.3 Å². The molecule has 9 heteroatoms. The van der Waals surface area contributed by atoms with Crippen LogP contribution in [0.4, 0.5) is 8.78 Å². The highest BCUT2D eigenvalue weighted by Gasteiger charge is 2.23. The molecule has 0 aliphatic heterocycles. The number of rotatable bonds is 6. The molecule has 0 radical (unpaired) electrons. The van der Waals surface area contributed by atoms with E-state index < -0.39 is 17.7 Å². The largest absolute Gasteiger partial charge is 0.354 e. The number of likely N-dealkylation sites (N-methyl/N-ethyl adjacent to an activating group) is 1. The van der Waals surface area contributed by atoms with Crippen LogP contribution in [-0.4, -0.2) is 55.1 Å². The Labute approximate surface area is 187 Å². The monoisotopic (exact) mass is 525 g/mol. The molecule has 0 aliphatic carbocycles. The summed E-state index contributed by atoms with van der Waals surface area (Å²) in [6.45, 7) is 0.888. The second kappa shape index (κ2) is 11.0. The van der Waals surface area contributed by atoms with Crippen molar-refractivity contribution >= 4 is 41.5 Å². The fraction of sp³-hybridized carbons (Fsp3) is 0.421. The lowest BCUT2D eigenvalue weighted by Gasteiger charge is -2.29. The predicted molar refractivity (Wildman–Crippen MR) is 121 cm³/mol. The van der Waals surface area contributed by atoms with Crippen molar-refractivity contribution in [2.45, 2.75) is 12.6 Å². The number of hydrogen-bond donors (Lipinski definition) is 1. The van der Waals surface area contributed by atoms with Crippen LogP contribution in [0.3, 0.4) is 0 Å². The summed E-state index contributed by atoms with van der Waals surface area (Å²) >= 11 is 6.04. The summed E-state index contributed by atoms with van der Waals surface area (Å²) < 4.78 is 30.4. The molecule has 0 saturated carbocycles. The molecule has 0 fully saturated rings. The van der Waals surface area contributed by atoms with Crippen molar-refractivity contribution in [1.82, 2.24) is 19.7 Å². The predicted octanol–water partition coefficient (Wildman–Crippen LogP) is 3.88. The SMILES string of the molecule is CN=C(NCC(c1c(F)cccc1F)N(C)C)N(C)Cc1cc(Cl)cn1C.I. The first-order valence-corrected chi connectivity index (χ1v) is 8.95. The minimum absolute atomic E-state index is 0. The third-order valence-electron chi connectivity index (χ3n) is 4.46. The van der Waals surface area contributed by atoms with Crippen molar-refractivity contribution in [3.63, 3.8) is 0 Å². The topological polar surface area (TPSA) is 35.8 Å². The summed E-state index contributed by atoms with van der Waals surface area (Å²) in [6, 6.07) is 5.32. The quantitative estimate of drug-likeness (QED) is 0.353. The molecule has 0 saturated heterocycles. The minimum Gasteiger partial charge on any atom is -0.354 e. The van der Waals surface area contributed by atoms with Crippen LogP contribution >= 0.6 is 35.6 Å². The van der Waals surface area contributed by atoms with Gasteiger partial charge in [-0.15, -0.1) is 24.0 Å². The lowest BCUT2D eigenvalue weighted by molar-refractivity contribution is 0.280. The van der Waals surface area contributed by atoms with Crippen LogP contribution in [0.1, 0.15) is 17.3 Å². The molecule has 156 valence electrons. The first-order chi connectivity index (χ1) is 12.7. The third-order valence-corrected chi connectivity index (χ3v) is 4.66. The average Bonchev–Trinajstić information content (AvgIpc) is 2.90. The Hall–Kier alpha value is -1.39. The Kier molecular flexibility index (Phi) is 9.65. The van der Waals surface area contributed by atoms with E-state index in [4.69, 9.17) is 11.6 Å². The minimum atomic E-state index is -0.558. The highest BCUT2D eigenvalue weighted by Crippen LogP contribution is 2.24. The van der Waals surface area contributed by atoms with E-state index in [0.717, 1.165) is 5.69 Å². The zero-order chi connectivity index (χ0) is 20.1. The van der Waals surface area contributed by atoms with Gasteiger partial charge in [0.25, 0.3) is 0 Å². The summed E-state index contributed by atoms with van der Waals surface area (Å²) in [5.74, 6) is -0.495. The molecule has 1 N–H and O–H groups in total. The Morgan fingerprint density at radius 2 is 1.86 bits per heavy atom. The number of aromatic nitrogens is 1. The van der Waals surface area contributed by atoms with Gasteiger partial charge in [-0.05, 0) is 32.3 Å². The smallest absolute Gasteiger partial charge is 0.193 e. The fourth-order valence-electron chi connectivity index (χ4n) is 2.99.